The lowest BCUT2D eigenvalue weighted by Crippen LogP contribution is -2.32. The second kappa shape index (κ2) is 7.19. The second-order valence-electron chi connectivity index (χ2n) is 6.64. The summed E-state index contributed by atoms with van der Waals surface area (Å²) >= 11 is 0. The highest BCUT2D eigenvalue weighted by Crippen LogP contribution is 2.37. The van der Waals surface area contributed by atoms with E-state index < -0.39 is 11.9 Å². The molecule has 1 aliphatic heterocycles. The lowest BCUT2D eigenvalue weighted by atomic mass is 9.88. The third kappa shape index (κ3) is 3.29. The number of nitrogens with zero attached hydrogens (tertiary/aromatic N) is 3. The molecular formula is C19H23N3O4. The van der Waals surface area contributed by atoms with E-state index >= 15 is 0 Å². The number of imidazole rings is 1. The van der Waals surface area contributed by atoms with E-state index in [0.717, 1.165) is 17.0 Å². The van der Waals surface area contributed by atoms with E-state index in [1.54, 1.807) is 22.9 Å². The maximum Gasteiger partial charge on any atom is 0.308 e. The van der Waals surface area contributed by atoms with E-state index in [1.807, 2.05) is 38.1 Å². The van der Waals surface area contributed by atoms with Crippen LogP contribution in [-0.2, 0) is 16.1 Å². The Balaban J connectivity index is 1.82. The summed E-state index contributed by atoms with van der Waals surface area (Å²) in [6.07, 6.45) is 1.64. The van der Waals surface area contributed by atoms with Crippen LogP contribution < -0.4 is 4.74 Å². The molecule has 1 aromatic carbocycles. The first-order chi connectivity index (χ1) is 12.4. The van der Waals surface area contributed by atoms with Gasteiger partial charge in [-0.3, -0.25) is 9.59 Å². The first kappa shape index (κ1) is 18.0. The summed E-state index contributed by atoms with van der Waals surface area (Å²) in [7, 11) is 1.57. The smallest absolute Gasteiger partial charge is 0.308 e. The largest absolute Gasteiger partial charge is 0.496 e. The number of carboxylic acid groups (broad SMARTS) is 1. The number of aryl methyl sites for hydroxylation is 1. The number of rotatable bonds is 5. The number of carboxylic acids is 1. The summed E-state index contributed by atoms with van der Waals surface area (Å²) < 4.78 is 7.18. The van der Waals surface area contributed by atoms with Crippen LogP contribution in [0.15, 0.2) is 30.6 Å². The second-order valence-corrected chi connectivity index (χ2v) is 6.64. The quantitative estimate of drug-likeness (QED) is 0.883. The Kier molecular flexibility index (Phi) is 4.97. The number of carbonyl (C=O) groups excluding carboxylic acids is 1. The molecule has 2 aromatic rings. The first-order valence-electron chi connectivity index (χ1n) is 8.54. The highest BCUT2D eigenvalue weighted by molar-refractivity contribution is 5.79. The number of benzene rings is 1. The fourth-order valence-electron chi connectivity index (χ4n) is 3.49. The Morgan fingerprint density at radius 2 is 2.00 bits per heavy atom. The lowest BCUT2D eigenvalue weighted by Gasteiger charge is -2.19. The van der Waals surface area contributed by atoms with Gasteiger partial charge in [0.1, 0.15) is 12.3 Å². The number of hydrogen-bond donors (Lipinski definition) is 1. The Labute approximate surface area is 152 Å². The molecule has 2 heterocycles. The van der Waals surface area contributed by atoms with Crippen molar-refractivity contribution in [3.63, 3.8) is 0 Å². The van der Waals surface area contributed by atoms with Crippen molar-refractivity contribution in [3.05, 3.63) is 47.5 Å². The average molecular weight is 357 g/mol. The topological polar surface area (TPSA) is 84.7 Å². The van der Waals surface area contributed by atoms with Crippen molar-refractivity contribution in [1.29, 1.82) is 0 Å². The molecule has 1 aromatic heterocycles. The van der Waals surface area contributed by atoms with Crippen LogP contribution in [-0.4, -0.2) is 51.6 Å². The van der Waals surface area contributed by atoms with Gasteiger partial charge in [0.05, 0.1) is 25.0 Å². The van der Waals surface area contributed by atoms with Crippen LogP contribution in [0.5, 0.6) is 5.75 Å². The van der Waals surface area contributed by atoms with Crippen molar-refractivity contribution in [2.75, 3.05) is 20.2 Å². The van der Waals surface area contributed by atoms with E-state index in [4.69, 9.17) is 4.74 Å². The van der Waals surface area contributed by atoms with Gasteiger partial charge >= 0.3 is 5.97 Å². The van der Waals surface area contributed by atoms with Gasteiger partial charge in [0.2, 0.25) is 5.91 Å². The number of aromatic nitrogens is 2. The van der Waals surface area contributed by atoms with Crippen molar-refractivity contribution in [2.24, 2.45) is 5.92 Å². The fourth-order valence-corrected chi connectivity index (χ4v) is 3.49. The number of para-hydroxylation sites is 1. The molecule has 26 heavy (non-hydrogen) atoms. The van der Waals surface area contributed by atoms with Gasteiger partial charge in [0.25, 0.3) is 0 Å². The molecule has 0 saturated carbocycles. The predicted octanol–water partition coefficient (Wildman–Crippen LogP) is 1.84. The zero-order valence-corrected chi connectivity index (χ0v) is 15.2. The lowest BCUT2D eigenvalue weighted by molar-refractivity contribution is -0.141. The van der Waals surface area contributed by atoms with Crippen LogP contribution in [0.2, 0.25) is 0 Å². The van der Waals surface area contributed by atoms with Crippen LogP contribution in [0.4, 0.5) is 0 Å². The van der Waals surface area contributed by atoms with Gasteiger partial charge in [0.15, 0.2) is 0 Å². The van der Waals surface area contributed by atoms with Gasteiger partial charge < -0.3 is 19.3 Å². The number of ether oxygens (including phenoxy) is 1. The maximum atomic E-state index is 12.7. The number of likely N-dealkylation sites (tertiary alicyclic amines) is 1. The minimum absolute atomic E-state index is 0.103. The summed E-state index contributed by atoms with van der Waals surface area (Å²) in [4.78, 5) is 30.3. The molecule has 3 rings (SSSR count). The zero-order valence-electron chi connectivity index (χ0n) is 15.2. The van der Waals surface area contributed by atoms with Crippen molar-refractivity contribution in [1.82, 2.24) is 14.5 Å². The molecule has 0 spiro atoms. The fraction of sp³-hybridized carbons (Fsp3) is 0.421. The molecule has 0 radical (unpaired) electrons. The molecule has 1 fully saturated rings. The molecule has 0 bridgehead atoms. The molecule has 0 unspecified atom stereocenters. The molecule has 7 nitrogen and oxygen atoms in total. The van der Waals surface area contributed by atoms with Crippen LogP contribution in [0.3, 0.4) is 0 Å². The van der Waals surface area contributed by atoms with Crippen LogP contribution in [0, 0.1) is 19.8 Å². The molecule has 2 atom stereocenters. The molecule has 1 N–H and O–H groups in total. The number of amides is 1. The molecule has 138 valence electrons. The molecule has 0 aliphatic carbocycles. The van der Waals surface area contributed by atoms with Crippen LogP contribution in [0.1, 0.15) is 22.9 Å². The van der Waals surface area contributed by atoms with Crippen LogP contribution in [0.25, 0.3) is 0 Å². The number of carbonyl (C=O) groups is 2. The van der Waals surface area contributed by atoms with Gasteiger partial charge in [-0.25, -0.2) is 4.98 Å². The Morgan fingerprint density at radius 1 is 1.27 bits per heavy atom. The normalized spacial score (nSPS) is 19.6. The van der Waals surface area contributed by atoms with Gasteiger partial charge in [-0.1, -0.05) is 18.2 Å². The van der Waals surface area contributed by atoms with E-state index in [9.17, 15) is 14.7 Å². The molecule has 1 aliphatic rings. The van der Waals surface area contributed by atoms with Crippen molar-refractivity contribution >= 4 is 11.9 Å². The Bertz CT molecular complexity index is 830. The zero-order chi connectivity index (χ0) is 18.8. The number of hydrogen-bond acceptors (Lipinski definition) is 4. The summed E-state index contributed by atoms with van der Waals surface area (Å²) in [6.45, 7) is 4.53. The van der Waals surface area contributed by atoms with E-state index in [2.05, 4.69) is 4.98 Å². The summed E-state index contributed by atoms with van der Waals surface area (Å²) in [5.74, 6) is -1.29. The van der Waals surface area contributed by atoms with Gasteiger partial charge in [-0.2, -0.15) is 0 Å². The minimum Gasteiger partial charge on any atom is -0.496 e. The van der Waals surface area contributed by atoms with Crippen molar-refractivity contribution < 1.29 is 19.4 Å². The number of aliphatic carboxylic acids is 1. The van der Waals surface area contributed by atoms with Gasteiger partial charge in [0, 0.05) is 24.7 Å². The summed E-state index contributed by atoms with van der Waals surface area (Å²) in [5.41, 5.74) is 2.65. The summed E-state index contributed by atoms with van der Waals surface area (Å²) in [6, 6.07) is 7.39. The molecular weight excluding hydrogens is 334 g/mol. The van der Waals surface area contributed by atoms with Gasteiger partial charge in [-0.15, -0.1) is 0 Å². The SMILES string of the molecule is COc1ccccc1[C@H]1CN(C(=O)Cn2cnc(C)c2C)C[C@@H]1C(=O)O. The molecule has 1 saturated heterocycles. The van der Waals surface area contributed by atoms with Crippen molar-refractivity contribution in [2.45, 2.75) is 26.3 Å². The van der Waals surface area contributed by atoms with E-state index in [1.165, 1.54) is 0 Å². The molecule has 7 heteroatoms. The highest BCUT2D eigenvalue weighted by atomic mass is 16.5. The maximum absolute atomic E-state index is 12.7. The van der Waals surface area contributed by atoms with Gasteiger partial charge in [-0.05, 0) is 25.5 Å². The van der Waals surface area contributed by atoms with E-state index in [-0.39, 0.29) is 24.9 Å². The standard InChI is InChI=1S/C19H23N3O4/c1-12-13(2)22(11-20-12)10-18(23)21-8-15(16(9-21)19(24)25)14-6-4-5-7-17(14)26-3/h4-7,11,15-16H,8-10H2,1-3H3,(H,24,25)/t15-,16+/m1/s1. The third-order valence-electron chi connectivity index (χ3n) is 5.18. The Morgan fingerprint density at radius 3 is 2.62 bits per heavy atom. The third-order valence-corrected chi connectivity index (χ3v) is 5.18. The predicted molar refractivity (Wildman–Crippen MR) is 95.1 cm³/mol. The summed E-state index contributed by atoms with van der Waals surface area (Å²) in [5, 5.41) is 9.65. The number of methoxy groups -OCH3 is 1. The average Bonchev–Trinajstić information content (AvgIpc) is 3.21. The Hall–Kier alpha value is -2.83. The molecule has 1 amide bonds. The van der Waals surface area contributed by atoms with E-state index in [0.29, 0.717) is 12.3 Å². The highest BCUT2D eigenvalue weighted by Gasteiger charge is 2.41. The monoisotopic (exact) mass is 357 g/mol. The first-order valence-corrected chi connectivity index (χ1v) is 8.54. The minimum atomic E-state index is -0.897. The van der Waals surface area contributed by atoms with Crippen molar-refractivity contribution in [3.8, 4) is 5.75 Å². The van der Waals surface area contributed by atoms with Crippen LogP contribution >= 0.6 is 0 Å².